The van der Waals surface area contributed by atoms with E-state index < -0.39 is 0 Å². The Morgan fingerprint density at radius 2 is 2.10 bits per heavy atom. The first kappa shape index (κ1) is 14.6. The Balaban J connectivity index is 2.24. The van der Waals surface area contributed by atoms with E-state index in [-0.39, 0.29) is 0 Å². The van der Waals surface area contributed by atoms with Gasteiger partial charge in [-0.3, -0.25) is 0 Å². The third-order valence-electron chi connectivity index (χ3n) is 2.90. The molecule has 0 aliphatic heterocycles. The second-order valence-corrected chi connectivity index (χ2v) is 5.23. The number of nitrogens with zero attached hydrogens (tertiary/aromatic N) is 2. The van der Waals surface area contributed by atoms with E-state index in [4.69, 9.17) is 11.6 Å². The molecule has 0 spiro atoms. The summed E-state index contributed by atoms with van der Waals surface area (Å²) in [5.41, 5.74) is 2.24. The number of anilines is 3. The maximum absolute atomic E-state index is 6.13. The number of nitrogens with one attached hydrogen (secondary N) is 2. The molecule has 0 bridgehead atoms. The van der Waals surface area contributed by atoms with Crippen molar-refractivity contribution >= 4 is 29.1 Å². The summed E-state index contributed by atoms with van der Waals surface area (Å²) in [4.78, 5) is 8.49. The van der Waals surface area contributed by atoms with Crippen molar-refractivity contribution in [2.24, 2.45) is 0 Å². The first-order chi connectivity index (χ1) is 9.60. The molecule has 0 aliphatic carbocycles. The highest BCUT2D eigenvalue weighted by molar-refractivity contribution is 6.32. The van der Waals surface area contributed by atoms with Crippen LogP contribution in [0.4, 0.5) is 17.5 Å². The van der Waals surface area contributed by atoms with Gasteiger partial charge in [-0.15, -0.1) is 0 Å². The van der Waals surface area contributed by atoms with Crippen molar-refractivity contribution in [3.63, 3.8) is 0 Å². The molecule has 106 valence electrons. The molecule has 0 amide bonds. The maximum atomic E-state index is 6.13. The average Bonchev–Trinajstić information content (AvgIpc) is 2.43. The van der Waals surface area contributed by atoms with E-state index in [1.54, 1.807) is 6.20 Å². The van der Waals surface area contributed by atoms with Gasteiger partial charge in [0, 0.05) is 12.2 Å². The lowest BCUT2D eigenvalue weighted by Crippen LogP contribution is -2.04. The minimum Gasteiger partial charge on any atom is -0.354 e. The van der Waals surface area contributed by atoms with Gasteiger partial charge in [0.2, 0.25) is 5.95 Å². The molecule has 20 heavy (non-hydrogen) atoms. The molecule has 4 nitrogen and oxygen atoms in total. The standard InChI is InChI=1S/C15H19ClN4/c1-4-17-15-18-9-13(16)14(20-15)19-12-7-5-6-11(8-12)10(2)3/h5-10H,4H2,1-3H3,(H2,17,18,19,20). The van der Waals surface area contributed by atoms with Crippen molar-refractivity contribution in [2.45, 2.75) is 26.7 Å². The topological polar surface area (TPSA) is 49.8 Å². The molecule has 0 unspecified atom stereocenters. The molecule has 0 radical (unpaired) electrons. The summed E-state index contributed by atoms with van der Waals surface area (Å²) in [6.07, 6.45) is 1.60. The molecule has 5 heteroatoms. The smallest absolute Gasteiger partial charge is 0.224 e. The van der Waals surface area contributed by atoms with Crippen molar-refractivity contribution in [1.82, 2.24) is 9.97 Å². The van der Waals surface area contributed by atoms with Crippen molar-refractivity contribution in [3.05, 3.63) is 41.0 Å². The summed E-state index contributed by atoms with van der Waals surface area (Å²) in [6.45, 7) is 7.10. The summed E-state index contributed by atoms with van der Waals surface area (Å²) < 4.78 is 0. The van der Waals surface area contributed by atoms with Gasteiger partial charge >= 0.3 is 0 Å². The first-order valence-electron chi connectivity index (χ1n) is 6.73. The Kier molecular flexibility index (Phi) is 4.79. The monoisotopic (exact) mass is 290 g/mol. The molecule has 0 fully saturated rings. The number of hydrogen-bond donors (Lipinski definition) is 2. The fraction of sp³-hybridized carbons (Fsp3) is 0.333. The van der Waals surface area contributed by atoms with Crippen LogP contribution in [0.2, 0.25) is 5.02 Å². The summed E-state index contributed by atoms with van der Waals surface area (Å²) in [5.74, 6) is 1.66. The van der Waals surface area contributed by atoms with Gasteiger partial charge in [-0.25, -0.2) is 4.98 Å². The Morgan fingerprint density at radius 1 is 1.30 bits per heavy atom. The highest BCUT2D eigenvalue weighted by atomic mass is 35.5. The zero-order valence-electron chi connectivity index (χ0n) is 11.9. The number of benzene rings is 1. The van der Waals surface area contributed by atoms with E-state index >= 15 is 0 Å². The molecule has 0 atom stereocenters. The third kappa shape index (κ3) is 3.61. The van der Waals surface area contributed by atoms with Crippen LogP contribution in [0.15, 0.2) is 30.5 Å². The SMILES string of the molecule is CCNc1ncc(Cl)c(Nc2cccc(C(C)C)c2)n1. The minimum atomic E-state index is 0.481. The molecule has 0 aliphatic rings. The van der Waals surface area contributed by atoms with Crippen LogP contribution in [0, 0.1) is 0 Å². The van der Waals surface area contributed by atoms with Crippen LogP contribution in [0.25, 0.3) is 0 Å². The maximum Gasteiger partial charge on any atom is 0.224 e. The van der Waals surface area contributed by atoms with Crippen molar-refractivity contribution in [3.8, 4) is 0 Å². The molecular formula is C15H19ClN4. The number of halogens is 1. The quantitative estimate of drug-likeness (QED) is 0.855. The lowest BCUT2D eigenvalue weighted by Gasteiger charge is -2.11. The zero-order valence-corrected chi connectivity index (χ0v) is 12.7. The van der Waals surface area contributed by atoms with Gasteiger partial charge in [0.1, 0.15) is 5.02 Å². The van der Waals surface area contributed by atoms with Gasteiger partial charge in [-0.2, -0.15) is 4.98 Å². The zero-order chi connectivity index (χ0) is 14.5. The first-order valence-corrected chi connectivity index (χ1v) is 7.11. The molecule has 0 saturated carbocycles. The van der Waals surface area contributed by atoms with E-state index in [1.165, 1.54) is 5.56 Å². The van der Waals surface area contributed by atoms with Crippen molar-refractivity contribution in [2.75, 3.05) is 17.2 Å². The predicted octanol–water partition coefficient (Wildman–Crippen LogP) is 4.43. The summed E-state index contributed by atoms with van der Waals surface area (Å²) in [6, 6.07) is 8.24. The lowest BCUT2D eigenvalue weighted by molar-refractivity contribution is 0.867. The van der Waals surface area contributed by atoms with Gasteiger partial charge in [0.15, 0.2) is 5.82 Å². The predicted molar refractivity (Wildman–Crippen MR) is 85.0 cm³/mol. The molecule has 1 heterocycles. The van der Waals surface area contributed by atoms with Crippen LogP contribution < -0.4 is 10.6 Å². The van der Waals surface area contributed by atoms with E-state index in [0.717, 1.165) is 12.2 Å². The number of aromatic nitrogens is 2. The highest BCUT2D eigenvalue weighted by Gasteiger charge is 2.06. The molecule has 2 N–H and O–H groups in total. The van der Waals surface area contributed by atoms with Gasteiger partial charge in [-0.1, -0.05) is 37.6 Å². The van der Waals surface area contributed by atoms with Crippen LogP contribution in [0.5, 0.6) is 0 Å². The molecule has 2 aromatic rings. The normalized spacial score (nSPS) is 10.7. The van der Waals surface area contributed by atoms with Gasteiger partial charge in [0.25, 0.3) is 0 Å². The summed E-state index contributed by atoms with van der Waals surface area (Å²) in [5, 5.41) is 6.81. The van der Waals surface area contributed by atoms with Crippen LogP contribution in [-0.4, -0.2) is 16.5 Å². The molecule has 2 rings (SSSR count). The van der Waals surface area contributed by atoms with Gasteiger partial charge < -0.3 is 10.6 Å². The van der Waals surface area contributed by atoms with Crippen LogP contribution in [0.3, 0.4) is 0 Å². The Morgan fingerprint density at radius 3 is 2.80 bits per heavy atom. The highest BCUT2D eigenvalue weighted by Crippen LogP contribution is 2.25. The third-order valence-corrected chi connectivity index (χ3v) is 3.17. The van der Waals surface area contributed by atoms with E-state index in [2.05, 4.69) is 46.6 Å². The Hall–Kier alpha value is -1.81. The Bertz CT molecular complexity index is 584. The number of hydrogen-bond acceptors (Lipinski definition) is 4. The summed E-state index contributed by atoms with van der Waals surface area (Å²) >= 11 is 6.13. The summed E-state index contributed by atoms with van der Waals surface area (Å²) in [7, 11) is 0. The minimum absolute atomic E-state index is 0.481. The fourth-order valence-electron chi connectivity index (χ4n) is 1.81. The van der Waals surface area contributed by atoms with Gasteiger partial charge in [-0.05, 0) is 30.5 Å². The van der Waals surface area contributed by atoms with Crippen LogP contribution in [-0.2, 0) is 0 Å². The van der Waals surface area contributed by atoms with Gasteiger partial charge in [0.05, 0.1) is 6.20 Å². The van der Waals surface area contributed by atoms with E-state index in [0.29, 0.717) is 22.7 Å². The van der Waals surface area contributed by atoms with E-state index in [9.17, 15) is 0 Å². The largest absolute Gasteiger partial charge is 0.354 e. The molecule has 1 aromatic heterocycles. The molecule has 1 aromatic carbocycles. The van der Waals surface area contributed by atoms with E-state index in [1.807, 2.05) is 19.1 Å². The van der Waals surface area contributed by atoms with Crippen LogP contribution >= 0.6 is 11.6 Å². The lowest BCUT2D eigenvalue weighted by atomic mass is 10.0. The Labute approximate surface area is 124 Å². The fourth-order valence-corrected chi connectivity index (χ4v) is 1.95. The molecule has 0 saturated heterocycles. The second-order valence-electron chi connectivity index (χ2n) is 4.83. The van der Waals surface area contributed by atoms with Crippen molar-refractivity contribution in [1.29, 1.82) is 0 Å². The average molecular weight is 291 g/mol. The molecular weight excluding hydrogens is 272 g/mol. The second kappa shape index (κ2) is 6.57. The number of rotatable bonds is 5. The van der Waals surface area contributed by atoms with Crippen LogP contribution in [0.1, 0.15) is 32.3 Å². The van der Waals surface area contributed by atoms with Crippen molar-refractivity contribution < 1.29 is 0 Å².